The summed E-state index contributed by atoms with van der Waals surface area (Å²) in [6, 6.07) is 3.31. The van der Waals surface area contributed by atoms with Crippen LogP contribution in [0.4, 0.5) is 4.39 Å². The summed E-state index contributed by atoms with van der Waals surface area (Å²) in [7, 11) is 0. The van der Waals surface area contributed by atoms with Crippen molar-refractivity contribution >= 4 is 0 Å². The summed E-state index contributed by atoms with van der Waals surface area (Å²) < 4.78 is 18.6. The van der Waals surface area contributed by atoms with Crippen LogP contribution in [-0.4, -0.2) is 11.5 Å². The Balaban J connectivity index is 2.37. The molecule has 0 aliphatic heterocycles. The fourth-order valence-electron chi connectivity index (χ4n) is 1.67. The Morgan fingerprint density at radius 1 is 1.50 bits per heavy atom. The van der Waals surface area contributed by atoms with Gasteiger partial charge in [0.05, 0.1) is 24.8 Å². The third-order valence-corrected chi connectivity index (χ3v) is 2.40. The van der Waals surface area contributed by atoms with E-state index in [0.717, 1.165) is 12.1 Å². The molecule has 3 nitrogen and oxygen atoms in total. The van der Waals surface area contributed by atoms with E-state index in [9.17, 15) is 4.39 Å². The molecular weight excluding hydrogens is 207 g/mol. The molecule has 0 aliphatic rings. The zero-order valence-electron chi connectivity index (χ0n) is 8.98. The number of nitrogens with one attached hydrogen (secondary N) is 1. The SMILES string of the molecule is CCNC(c1ccoc1)c1ccncc1F. The Labute approximate surface area is 93.3 Å². The van der Waals surface area contributed by atoms with E-state index in [1.807, 2.05) is 13.0 Å². The highest BCUT2D eigenvalue weighted by atomic mass is 19.1. The Kier molecular flexibility index (Phi) is 3.31. The molecule has 1 atom stereocenters. The molecule has 2 aromatic rings. The summed E-state index contributed by atoms with van der Waals surface area (Å²) in [5, 5.41) is 3.21. The quantitative estimate of drug-likeness (QED) is 0.860. The average Bonchev–Trinajstić information content (AvgIpc) is 2.80. The van der Waals surface area contributed by atoms with Gasteiger partial charge in [-0.25, -0.2) is 4.39 Å². The van der Waals surface area contributed by atoms with E-state index >= 15 is 0 Å². The van der Waals surface area contributed by atoms with Crippen molar-refractivity contribution < 1.29 is 8.81 Å². The van der Waals surface area contributed by atoms with Crippen molar-refractivity contribution in [2.24, 2.45) is 0 Å². The molecule has 0 aromatic carbocycles. The van der Waals surface area contributed by atoms with Crippen LogP contribution in [0.2, 0.25) is 0 Å². The van der Waals surface area contributed by atoms with Gasteiger partial charge in [-0.3, -0.25) is 4.98 Å². The smallest absolute Gasteiger partial charge is 0.146 e. The van der Waals surface area contributed by atoms with Crippen molar-refractivity contribution in [2.45, 2.75) is 13.0 Å². The minimum Gasteiger partial charge on any atom is -0.472 e. The second-order valence-electron chi connectivity index (χ2n) is 3.44. The topological polar surface area (TPSA) is 38.1 Å². The molecule has 2 heterocycles. The van der Waals surface area contributed by atoms with Gasteiger partial charge in [-0.05, 0) is 18.7 Å². The predicted octanol–water partition coefficient (Wildman–Crippen LogP) is 2.51. The van der Waals surface area contributed by atoms with Gasteiger partial charge in [0.15, 0.2) is 0 Å². The lowest BCUT2D eigenvalue weighted by molar-refractivity contribution is 0.536. The third-order valence-electron chi connectivity index (χ3n) is 2.40. The van der Waals surface area contributed by atoms with Gasteiger partial charge < -0.3 is 9.73 Å². The number of rotatable bonds is 4. The summed E-state index contributed by atoms with van der Waals surface area (Å²) in [4.78, 5) is 3.74. The second-order valence-corrected chi connectivity index (χ2v) is 3.44. The summed E-state index contributed by atoms with van der Waals surface area (Å²) in [6.45, 7) is 2.73. The molecule has 0 saturated heterocycles. The molecule has 0 amide bonds. The minimum absolute atomic E-state index is 0.188. The van der Waals surface area contributed by atoms with Gasteiger partial charge in [0.25, 0.3) is 0 Å². The van der Waals surface area contributed by atoms with Crippen molar-refractivity contribution in [3.8, 4) is 0 Å². The van der Waals surface area contributed by atoms with E-state index < -0.39 is 0 Å². The Hall–Kier alpha value is -1.68. The minimum atomic E-state index is -0.311. The summed E-state index contributed by atoms with van der Waals surface area (Å²) in [5.74, 6) is -0.311. The first-order chi connectivity index (χ1) is 7.83. The van der Waals surface area contributed by atoms with Gasteiger partial charge in [0.1, 0.15) is 5.82 Å². The Morgan fingerprint density at radius 3 is 3.00 bits per heavy atom. The maximum absolute atomic E-state index is 13.6. The third kappa shape index (κ3) is 2.12. The number of halogens is 1. The van der Waals surface area contributed by atoms with Gasteiger partial charge in [-0.15, -0.1) is 0 Å². The zero-order chi connectivity index (χ0) is 11.4. The van der Waals surface area contributed by atoms with Crippen molar-refractivity contribution in [3.05, 3.63) is 54.0 Å². The predicted molar refractivity (Wildman–Crippen MR) is 58.4 cm³/mol. The molecule has 1 N–H and O–H groups in total. The maximum Gasteiger partial charge on any atom is 0.146 e. The lowest BCUT2D eigenvalue weighted by Gasteiger charge is -2.16. The van der Waals surface area contributed by atoms with Crippen molar-refractivity contribution in [1.82, 2.24) is 10.3 Å². The van der Waals surface area contributed by atoms with Gasteiger partial charge >= 0.3 is 0 Å². The molecule has 1 unspecified atom stereocenters. The molecule has 2 aromatic heterocycles. The van der Waals surface area contributed by atoms with E-state index in [4.69, 9.17) is 4.42 Å². The first kappa shape index (κ1) is 10.8. The van der Waals surface area contributed by atoms with Crippen LogP contribution in [0.15, 0.2) is 41.5 Å². The second kappa shape index (κ2) is 4.90. The Bertz CT molecular complexity index is 442. The normalized spacial score (nSPS) is 12.6. The van der Waals surface area contributed by atoms with E-state index in [1.165, 1.54) is 6.20 Å². The average molecular weight is 220 g/mol. The maximum atomic E-state index is 13.6. The fourth-order valence-corrected chi connectivity index (χ4v) is 1.67. The van der Waals surface area contributed by atoms with E-state index in [2.05, 4.69) is 10.3 Å². The van der Waals surface area contributed by atoms with Crippen LogP contribution >= 0.6 is 0 Å². The molecule has 0 fully saturated rings. The van der Waals surface area contributed by atoms with Crippen LogP contribution in [0.3, 0.4) is 0 Å². The molecule has 0 radical (unpaired) electrons. The van der Waals surface area contributed by atoms with Crippen molar-refractivity contribution in [2.75, 3.05) is 6.54 Å². The first-order valence-corrected chi connectivity index (χ1v) is 5.17. The number of furan rings is 1. The monoisotopic (exact) mass is 220 g/mol. The fraction of sp³-hybridized carbons (Fsp3) is 0.250. The molecule has 0 spiro atoms. The molecule has 2 rings (SSSR count). The number of aromatic nitrogens is 1. The number of hydrogen-bond acceptors (Lipinski definition) is 3. The molecule has 84 valence electrons. The number of pyridine rings is 1. The molecule has 0 saturated carbocycles. The summed E-state index contributed by atoms with van der Waals surface area (Å²) in [5.41, 5.74) is 1.49. The molecule has 0 aliphatic carbocycles. The van der Waals surface area contributed by atoms with Crippen molar-refractivity contribution in [1.29, 1.82) is 0 Å². The highest BCUT2D eigenvalue weighted by molar-refractivity contribution is 5.28. The summed E-state index contributed by atoms with van der Waals surface area (Å²) >= 11 is 0. The lowest BCUT2D eigenvalue weighted by atomic mass is 10.0. The Morgan fingerprint density at radius 2 is 2.38 bits per heavy atom. The molecule has 16 heavy (non-hydrogen) atoms. The van der Waals surface area contributed by atoms with Gasteiger partial charge in [0, 0.05) is 17.3 Å². The van der Waals surface area contributed by atoms with Crippen LogP contribution in [0.1, 0.15) is 24.1 Å². The molecule has 4 heteroatoms. The van der Waals surface area contributed by atoms with Gasteiger partial charge in [0.2, 0.25) is 0 Å². The molecule has 0 bridgehead atoms. The van der Waals surface area contributed by atoms with Crippen LogP contribution in [0.5, 0.6) is 0 Å². The van der Waals surface area contributed by atoms with E-state index in [1.54, 1.807) is 24.8 Å². The first-order valence-electron chi connectivity index (χ1n) is 5.17. The summed E-state index contributed by atoms with van der Waals surface area (Å²) in [6.07, 6.45) is 6.01. The highest BCUT2D eigenvalue weighted by Crippen LogP contribution is 2.23. The van der Waals surface area contributed by atoms with Crippen molar-refractivity contribution in [3.63, 3.8) is 0 Å². The van der Waals surface area contributed by atoms with Crippen LogP contribution in [0, 0.1) is 5.82 Å². The van der Waals surface area contributed by atoms with Gasteiger partial charge in [-0.2, -0.15) is 0 Å². The van der Waals surface area contributed by atoms with E-state index in [0.29, 0.717) is 5.56 Å². The zero-order valence-corrected chi connectivity index (χ0v) is 8.98. The lowest BCUT2D eigenvalue weighted by Crippen LogP contribution is -2.22. The van der Waals surface area contributed by atoms with Gasteiger partial charge in [-0.1, -0.05) is 6.92 Å². The van der Waals surface area contributed by atoms with Crippen LogP contribution < -0.4 is 5.32 Å². The largest absolute Gasteiger partial charge is 0.472 e. The number of nitrogens with zero attached hydrogens (tertiary/aromatic N) is 1. The standard InChI is InChI=1S/C12H13FN2O/c1-2-15-12(9-4-6-16-8-9)10-3-5-14-7-11(10)13/h3-8,12,15H,2H2,1H3. The highest BCUT2D eigenvalue weighted by Gasteiger charge is 2.17. The van der Waals surface area contributed by atoms with Crippen LogP contribution in [-0.2, 0) is 0 Å². The molecular formula is C12H13FN2O. The van der Waals surface area contributed by atoms with E-state index in [-0.39, 0.29) is 11.9 Å². The number of hydrogen-bond donors (Lipinski definition) is 1. The van der Waals surface area contributed by atoms with Crippen LogP contribution in [0.25, 0.3) is 0 Å².